The normalized spacial score (nSPS) is 11.6. The molecule has 0 amide bonds. The Morgan fingerprint density at radius 3 is 1.87 bits per heavy atom. The van der Waals surface area contributed by atoms with Crippen LogP contribution in [0, 0.1) is 17.0 Å². The number of rotatable bonds is 11. The number of hydrazone groups is 1. The third-order valence-electron chi connectivity index (χ3n) is 5.45. The Morgan fingerprint density at radius 1 is 0.789 bits per heavy atom. The zero-order valence-electron chi connectivity index (χ0n) is 20.5. The first-order chi connectivity index (χ1) is 18.3. The summed E-state index contributed by atoms with van der Waals surface area (Å²) in [5.74, 6) is 1.10. The molecule has 1 N–H and O–H groups in total. The smallest absolute Gasteiger partial charge is 0.276 e. The Morgan fingerprint density at radius 2 is 1.32 bits per heavy atom. The number of aryl methyl sites for hydroxylation is 1. The van der Waals surface area contributed by atoms with E-state index in [0.29, 0.717) is 22.8 Å². The minimum Gasteiger partial charge on any atom is -0.490 e. The third-order valence-corrected chi connectivity index (χ3v) is 6.68. The molecule has 0 saturated heterocycles. The van der Waals surface area contributed by atoms with Gasteiger partial charge in [-0.05, 0) is 55.5 Å². The number of nitrogens with one attached hydrogen (secondary N) is 1. The molecule has 38 heavy (non-hydrogen) atoms. The number of ether oxygens (including phenoxy) is 2. The predicted octanol–water partition coefficient (Wildman–Crippen LogP) is 5.09. The molecular formula is C28H25N3O6S. The van der Waals surface area contributed by atoms with Crippen LogP contribution >= 0.6 is 0 Å². The second-order valence-corrected chi connectivity index (χ2v) is 9.87. The molecule has 4 aromatic rings. The van der Waals surface area contributed by atoms with Crippen LogP contribution in [-0.4, -0.2) is 32.3 Å². The first-order valence-electron chi connectivity index (χ1n) is 11.6. The quantitative estimate of drug-likeness (QED) is 0.125. The van der Waals surface area contributed by atoms with Gasteiger partial charge < -0.3 is 9.47 Å². The van der Waals surface area contributed by atoms with Crippen LogP contribution < -0.4 is 14.3 Å². The van der Waals surface area contributed by atoms with Gasteiger partial charge in [-0.25, -0.2) is 0 Å². The van der Waals surface area contributed by atoms with Crippen molar-refractivity contribution in [3.05, 3.63) is 130 Å². The lowest BCUT2D eigenvalue weighted by Crippen LogP contribution is -2.21. The molecule has 0 atom stereocenters. The molecule has 0 aliphatic carbocycles. The van der Waals surface area contributed by atoms with Gasteiger partial charge in [-0.3, -0.25) is 10.1 Å². The maximum absolute atomic E-state index is 12.8. The highest BCUT2D eigenvalue weighted by atomic mass is 32.2. The summed E-state index contributed by atoms with van der Waals surface area (Å²) in [5.41, 5.74) is 2.84. The molecule has 0 bridgehead atoms. The minimum atomic E-state index is -3.85. The number of hydrogen-bond donors (Lipinski definition) is 1. The second-order valence-electron chi connectivity index (χ2n) is 8.21. The molecule has 0 fully saturated rings. The Hall–Kier alpha value is -4.70. The fourth-order valence-corrected chi connectivity index (χ4v) is 4.27. The number of nitrogens with zero attached hydrogens (tertiary/aromatic N) is 2. The highest BCUT2D eigenvalue weighted by Crippen LogP contribution is 2.19. The molecule has 0 unspecified atom stereocenters. The van der Waals surface area contributed by atoms with E-state index in [2.05, 4.69) is 9.93 Å². The molecule has 0 heterocycles. The van der Waals surface area contributed by atoms with Crippen molar-refractivity contribution < 1.29 is 22.8 Å². The van der Waals surface area contributed by atoms with Gasteiger partial charge in [-0.1, -0.05) is 48.0 Å². The van der Waals surface area contributed by atoms with Crippen LogP contribution in [-0.2, 0) is 10.0 Å². The number of non-ortho nitro benzene ring substituents is 1. The Balaban J connectivity index is 1.42. The van der Waals surface area contributed by atoms with Crippen LogP contribution in [0.1, 0.15) is 16.7 Å². The van der Waals surface area contributed by atoms with E-state index in [1.54, 1.807) is 36.4 Å². The molecule has 0 saturated carbocycles. The maximum Gasteiger partial charge on any atom is 0.276 e. The van der Waals surface area contributed by atoms with Gasteiger partial charge in [-0.2, -0.15) is 18.4 Å². The monoisotopic (exact) mass is 531 g/mol. The SMILES string of the molecule is Cc1ccc(S(=O)(=O)N/N=C(/c2ccccc2)c2ccc(OCCOc3ccc([N+](=O)[O-])cc3)cc2)cc1. The number of nitro benzene ring substituents is 1. The van der Waals surface area contributed by atoms with Crippen molar-refractivity contribution in [2.75, 3.05) is 13.2 Å². The van der Waals surface area contributed by atoms with Gasteiger partial charge in [0.05, 0.1) is 15.5 Å². The molecule has 4 aromatic carbocycles. The predicted molar refractivity (Wildman–Crippen MR) is 144 cm³/mol. The van der Waals surface area contributed by atoms with Gasteiger partial charge in [0.2, 0.25) is 0 Å². The van der Waals surface area contributed by atoms with Crippen LogP contribution in [0.3, 0.4) is 0 Å². The minimum absolute atomic E-state index is 0.00458. The van der Waals surface area contributed by atoms with E-state index in [1.165, 1.54) is 36.4 Å². The van der Waals surface area contributed by atoms with E-state index in [-0.39, 0.29) is 23.8 Å². The number of nitro groups is 1. The number of sulfonamides is 1. The third kappa shape index (κ3) is 6.95. The number of benzene rings is 4. The molecule has 0 aromatic heterocycles. The highest BCUT2D eigenvalue weighted by Gasteiger charge is 2.15. The van der Waals surface area contributed by atoms with E-state index in [9.17, 15) is 18.5 Å². The first-order valence-corrected chi connectivity index (χ1v) is 13.1. The summed E-state index contributed by atoms with van der Waals surface area (Å²) in [6.45, 7) is 2.39. The van der Waals surface area contributed by atoms with Crippen LogP contribution in [0.5, 0.6) is 11.5 Å². The Bertz CT molecular complexity index is 1500. The van der Waals surface area contributed by atoms with Crippen molar-refractivity contribution in [3.63, 3.8) is 0 Å². The zero-order chi connectivity index (χ0) is 27.0. The van der Waals surface area contributed by atoms with E-state index in [1.807, 2.05) is 37.3 Å². The topological polar surface area (TPSA) is 120 Å². The summed E-state index contributed by atoms with van der Waals surface area (Å²) in [5, 5.41) is 15.0. The van der Waals surface area contributed by atoms with E-state index in [4.69, 9.17) is 9.47 Å². The molecule has 194 valence electrons. The maximum atomic E-state index is 12.8. The van der Waals surface area contributed by atoms with Crippen molar-refractivity contribution in [2.45, 2.75) is 11.8 Å². The van der Waals surface area contributed by atoms with Gasteiger partial charge >= 0.3 is 0 Å². The molecule has 0 aliphatic heterocycles. The summed E-state index contributed by atoms with van der Waals surface area (Å²) >= 11 is 0. The van der Waals surface area contributed by atoms with Crippen LogP contribution in [0.4, 0.5) is 5.69 Å². The lowest BCUT2D eigenvalue weighted by Gasteiger charge is -2.11. The second kappa shape index (κ2) is 12.0. The van der Waals surface area contributed by atoms with Gasteiger partial charge in [0.25, 0.3) is 15.7 Å². The standard InChI is InChI=1S/C28H25N3O6S/c1-21-7-17-27(18-8-21)38(34,35)30-29-28(22-5-3-2-4-6-22)23-9-13-25(14-10-23)36-19-20-37-26-15-11-24(12-16-26)31(32)33/h2-18,30H,19-20H2,1H3/b29-28-. The van der Waals surface area contributed by atoms with Gasteiger partial charge in [-0.15, -0.1) is 0 Å². The molecule has 0 spiro atoms. The Kier molecular flexibility index (Phi) is 8.34. The average molecular weight is 532 g/mol. The first kappa shape index (κ1) is 26.4. The lowest BCUT2D eigenvalue weighted by molar-refractivity contribution is -0.384. The van der Waals surface area contributed by atoms with Crippen molar-refractivity contribution >= 4 is 21.4 Å². The van der Waals surface area contributed by atoms with E-state index in [0.717, 1.165) is 11.1 Å². The van der Waals surface area contributed by atoms with Crippen molar-refractivity contribution in [1.29, 1.82) is 0 Å². The van der Waals surface area contributed by atoms with E-state index < -0.39 is 14.9 Å². The summed E-state index contributed by atoms with van der Waals surface area (Å²) in [6.07, 6.45) is 0. The van der Waals surface area contributed by atoms with Crippen molar-refractivity contribution in [1.82, 2.24) is 4.83 Å². The largest absolute Gasteiger partial charge is 0.490 e. The van der Waals surface area contributed by atoms with Crippen LogP contribution in [0.15, 0.2) is 113 Å². The lowest BCUT2D eigenvalue weighted by atomic mass is 10.0. The zero-order valence-corrected chi connectivity index (χ0v) is 21.3. The van der Waals surface area contributed by atoms with E-state index >= 15 is 0 Å². The molecule has 0 radical (unpaired) electrons. The molecule has 10 heteroatoms. The fraction of sp³-hybridized carbons (Fsp3) is 0.107. The van der Waals surface area contributed by atoms with Crippen molar-refractivity contribution in [2.24, 2.45) is 5.10 Å². The molecular weight excluding hydrogens is 506 g/mol. The highest BCUT2D eigenvalue weighted by molar-refractivity contribution is 7.89. The van der Waals surface area contributed by atoms with Crippen molar-refractivity contribution in [3.8, 4) is 11.5 Å². The van der Waals surface area contributed by atoms with Crippen LogP contribution in [0.2, 0.25) is 0 Å². The molecule has 0 aliphatic rings. The summed E-state index contributed by atoms with van der Waals surface area (Å²) < 4.78 is 36.8. The van der Waals surface area contributed by atoms with Gasteiger partial charge in [0.1, 0.15) is 24.7 Å². The summed E-state index contributed by atoms with van der Waals surface area (Å²) in [4.78, 5) is 12.7. The van der Waals surface area contributed by atoms with Gasteiger partial charge in [0.15, 0.2) is 0 Å². The average Bonchev–Trinajstić information content (AvgIpc) is 2.93. The fourth-order valence-electron chi connectivity index (χ4n) is 3.46. The van der Waals surface area contributed by atoms with Crippen LogP contribution in [0.25, 0.3) is 0 Å². The Labute approximate surface area is 220 Å². The molecule has 9 nitrogen and oxygen atoms in total. The summed E-state index contributed by atoms with van der Waals surface area (Å²) in [7, 11) is -3.85. The number of hydrogen-bond acceptors (Lipinski definition) is 7. The molecule has 4 rings (SSSR count). The summed E-state index contributed by atoms with van der Waals surface area (Å²) in [6, 6.07) is 28.7. The van der Waals surface area contributed by atoms with Gasteiger partial charge in [0, 0.05) is 23.3 Å².